The molecule has 1 aliphatic rings. The van der Waals surface area contributed by atoms with Crippen LogP contribution in [-0.2, 0) is 11.3 Å². The summed E-state index contributed by atoms with van der Waals surface area (Å²) in [5.41, 5.74) is 17.0. The first kappa shape index (κ1) is 30.8. The van der Waals surface area contributed by atoms with Crippen molar-refractivity contribution in [2.75, 3.05) is 24.6 Å². The quantitative estimate of drug-likeness (QED) is 0.114. The number of hydrogen-bond donors (Lipinski definition) is 4. The predicted octanol–water partition coefficient (Wildman–Crippen LogP) is 5.37. The van der Waals surface area contributed by atoms with Gasteiger partial charge in [-0.05, 0) is 78.8 Å². The van der Waals surface area contributed by atoms with Crippen LogP contribution in [-0.4, -0.2) is 54.6 Å². The molecule has 10 nitrogen and oxygen atoms in total. The van der Waals surface area contributed by atoms with E-state index in [0.29, 0.717) is 17.3 Å². The number of amides is 1. The SMILES string of the molecule is Cc1nc2cnccc2n1CC1CCN(C(=O)/C=C(/c2ccccc2)c2ccc(N)cc2)CC1.Nc1ccc(O)c(C(=O)O)c1. The number of rotatable bonds is 6. The standard InChI is InChI=1S/C28H29N5O.C7H7NO3/c1-20-31-26-18-30-14-11-27(26)33(20)19-21-12-15-32(16-13-21)28(34)17-25(22-5-3-2-4-6-22)23-7-9-24(29)10-8-23;8-4-1-2-6(9)5(3-4)7(10)11/h2-11,14,17-18,21H,12-13,15-16,19,29H2,1H3;1-3,9H,8H2,(H,10,11)/b25-17-;. The zero-order valence-corrected chi connectivity index (χ0v) is 25.0. The zero-order valence-electron chi connectivity index (χ0n) is 25.0. The van der Waals surface area contributed by atoms with Crippen LogP contribution in [0, 0.1) is 12.8 Å². The van der Waals surface area contributed by atoms with Crippen molar-refractivity contribution in [3.8, 4) is 5.75 Å². The molecule has 0 bridgehead atoms. The van der Waals surface area contributed by atoms with E-state index in [1.807, 2.05) is 84.9 Å². The van der Waals surface area contributed by atoms with E-state index in [-0.39, 0.29) is 17.2 Å². The van der Waals surface area contributed by atoms with E-state index < -0.39 is 5.97 Å². The normalized spacial score (nSPS) is 13.7. The van der Waals surface area contributed by atoms with Crippen LogP contribution in [0.1, 0.15) is 40.2 Å². The molecule has 3 heterocycles. The molecule has 1 saturated heterocycles. The van der Waals surface area contributed by atoms with Gasteiger partial charge in [-0.1, -0.05) is 42.5 Å². The monoisotopic (exact) mass is 604 g/mol. The van der Waals surface area contributed by atoms with Crippen LogP contribution in [0.4, 0.5) is 11.4 Å². The van der Waals surface area contributed by atoms with Crippen molar-refractivity contribution in [1.82, 2.24) is 19.4 Å². The highest BCUT2D eigenvalue weighted by Gasteiger charge is 2.24. The summed E-state index contributed by atoms with van der Waals surface area (Å²) in [5, 5.41) is 17.4. The molecule has 230 valence electrons. The van der Waals surface area contributed by atoms with Gasteiger partial charge in [-0.3, -0.25) is 9.78 Å². The molecule has 1 aliphatic heterocycles. The largest absolute Gasteiger partial charge is 0.507 e. The maximum Gasteiger partial charge on any atom is 0.339 e. The van der Waals surface area contributed by atoms with Gasteiger partial charge in [0.2, 0.25) is 5.91 Å². The van der Waals surface area contributed by atoms with E-state index in [4.69, 9.17) is 21.7 Å². The summed E-state index contributed by atoms with van der Waals surface area (Å²) in [6.07, 6.45) is 7.37. The minimum atomic E-state index is -1.19. The maximum atomic E-state index is 13.3. The number of nitrogens with two attached hydrogens (primary N) is 2. The molecule has 0 spiro atoms. The number of likely N-dealkylation sites (tertiary alicyclic amines) is 1. The molecule has 1 amide bonds. The summed E-state index contributed by atoms with van der Waals surface area (Å²) in [6.45, 7) is 4.49. The molecule has 3 aromatic carbocycles. The van der Waals surface area contributed by atoms with E-state index in [1.54, 1.807) is 6.08 Å². The molecular weight excluding hydrogens is 568 g/mol. The predicted molar refractivity (Wildman–Crippen MR) is 175 cm³/mol. The number of aromatic nitrogens is 3. The number of imidazole rings is 1. The number of carbonyl (C=O) groups is 2. The summed E-state index contributed by atoms with van der Waals surface area (Å²) in [7, 11) is 0. The van der Waals surface area contributed by atoms with E-state index in [9.17, 15) is 9.59 Å². The Kier molecular flexibility index (Phi) is 9.43. The van der Waals surface area contributed by atoms with Gasteiger partial charge < -0.3 is 31.1 Å². The van der Waals surface area contributed by atoms with Crippen molar-refractivity contribution in [3.05, 3.63) is 120 Å². The van der Waals surface area contributed by atoms with Gasteiger partial charge in [-0.2, -0.15) is 0 Å². The number of nitrogens with zero attached hydrogens (tertiary/aromatic N) is 4. The molecule has 5 aromatic rings. The first-order valence-electron chi connectivity index (χ1n) is 14.7. The number of carboxylic acid groups (broad SMARTS) is 1. The van der Waals surface area contributed by atoms with Crippen molar-refractivity contribution in [3.63, 3.8) is 0 Å². The molecule has 45 heavy (non-hydrogen) atoms. The Morgan fingerprint density at radius 3 is 2.27 bits per heavy atom. The van der Waals surface area contributed by atoms with E-state index >= 15 is 0 Å². The Hall–Kier alpha value is -5.64. The lowest BCUT2D eigenvalue weighted by molar-refractivity contribution is -0.127. The van der Waals surface area contributed by atoms with Crippen LogP contribution in [0.3, 0.4) is 0 Å². The van der Waals surface area contributed by atoms with Gasteiger partial charge in [0.1, 0.15) is 22.7 Å². The number of hydrogen-bond acceptors (Lipinski definition) is 7. The number of anilines is 2. The molecule has 0 unspecified atom stereocenters. The number of pyridine rings is 1. The van der Waals surface area contributed by atoms with E-state index in [1.165, 1.54) is 18.2 Å². The van der Waals surface area contributed by atoms with Crippen LogP contribution in [0.25, 0.3) is 16.6 Å². The fourth-order valence-corrected chi connectivity index (χ4v) is 5.48. The van der Waals surface area contributed by atoms with Crippen LogP contribution >= 0.6 is 0 Å². The molecule has 1 fully saturated rings. The lowest BCUT2D eigenvalue weighted by Gasteiger charge is -2.32. The third kappa shape index (κ3) is 7.48. The Morgan fingerprint density at radius 1 is 0.933 bits per heavy atom. The topological polar surface area (TPSA) is 161 Å². The van der Waals surface area contributed by atoms with E-state index in [2.05, 4.69) is 14.5 Å². The van der Waals surface area contributed by atoms with Crippen molar-refractivity contribution in [1.29, 1.82) is 0 Å². The fraction of sp³-hybridized carbons (Fsp3) is 0.200. The second kappa shape index (κ2) is 13.8. The molecular formula is C35H36N6O4. The number of nitrogen functional groups attached to an aromatic ring is 2. The van der Waals surface area contributed by atoms with Gasteiger partial charge in [0.25, 0.3) is 0 Å². The van der Waals surface area contributed by atoms with Crippen LogP contribution in [0.2, 0.25) is 0 Å². The number of piperidine rings is 1. The second-order valence-electron chi connectivity index (χ2n) is 11.0. The Balaban J connectivity index is 0.000000309. The summed E-state index contributed by atoms with van der Waals surface area (Å²) in [6, 6.07) is 23.7. The van der Waals surface area contributed by atoms with Crippen molar-refractivity contribution in [2.24, 2.45) is 5.92 Å². The molecule has 10 heteroatoms. The van der Waals surface area contributed by atoms with Crippen molar-refractivity contribution >= 4 is 39.9 Å². The molecule has 6 rings (SSSR count). The average molecular weight is 605 g/mol. The first-order valence-corrected chi connectivity index (χ1v) is 14.7. The Labute approximate surface area is 261 Å². The molecule has 2 aromatic heterocycles. The number of benzene rings is 3. The molecule has 0 atom stereocenters. The van der Waals surface area contributed by atoms with Crippen LogP contribution in [0.15, 0.2) is 97.3 Å². The minimum absolute atomic E-state index is 0.0597. The maximum absolute atomic E-state index is 13.3. The Bertz CT molecular complexity index is 1820. The number of carboxylic acids is 1. The highest BCUT2D eigenvalue weighted by molar-refractivity contribution is 5.99. The number of aromatic carboxylic acids is 1. The first-order chi connectivity index (χ1) is 21.7. The zero-order chi connectivity index (χ0) is 31.9. The highest BCUT2D eigenvalue weighted by Crippen LogP contribution is 2.27. The highest BCUT2D eigenvalue weighted by atomic mass is 16.4. The van der Waals surface area contributed by atoms with Crippen molar-refractivity contribution < 1.29 is 19.8 Å². The van der Waals surface area contributed by atoms with Gasteiger partial charge in [-0.15, -0.1) is 0 Å². The number of aryl methyl sites for hydroxylation is 1. The Morgan fingerprint density at radius 2 is 1.60 bits per heavy atom. The lowest BCUT2D eigenvalue weighted by atomic mass is 9.95. The molecule has 6 N–H and O–H groups in total. The second-order valence-corrected chi connectivity index (χ2v) is 11.0. The minimum Gasteiger partial charge on any atom is -0.507 e. The lowest BCUT2D eigenvalue weighted by Crippen LogP contribution is -2.38. The van der Waals surface area contributed by atoms with Gasteiger partial charge in [-0.25, -0.2) is 9.78 Å². The summed E-state index contributed by atoms with van der Waals surface area (Å²) in [5.74, 6) is 0.134. The average Bonchev–Trinajstić information content (AvgIpc) is 3.36. The van der Waals surface area contributed by atoms with Gasteiger partial charge >= 0.3 is 5.97 Å². The van der Waals surface area contributed by atoms with Gasteiger partial charge in [0, 0.05) is 43.3 Å². The number of carbonyl (C=O) groups excluding carboxylic acids is 1. The third-order valence-electron chi connectivity index (χ3n) is 7.93. The molecule has 0 aliphatic carbocycles. The summed E-state index contributed by atoms with van der Waals surface area (Å²) >= 11 is 0. The van der Waals surface area contributed by atoms with Gasteiger partial charge in [0.15, 0.2) is 0 Å². The molecule has 0 saturated carbocycles. The molecule has 0 radical (unpaired) electrons. The van der Waals surface area contributed by atoms with Gasteiger partial charge in [0.05, 0.1) is 11.7 Å². The van der Waals surface area contributed by atoms with Crippen LogP contribution < -0.4 is 11.5 Å². The summed E-state index contributed by atoms with van der Waals surface area (Å²) < 4.78 is 2.29. The third-order valence-corrected chi connectivity index (χ3v) is 7.93. The number of fused-ring (bicyclic) bond motifs is 1. The van der Waals surface area contributed by atoms with E-state index in [0.717, 1.165) is 66.0 Å². The smallest absolute Gasteiger partial charge is 0.339 e. The summed E-state index contributed by atoms with van der Waals surface area (Å²) in [4.78, 5) is 34.4. The van der Waals surface area contributed by atoms with Crippen LogP contribution in [0.5, 0.6) is 5.75 Å². The number of aromatic hydroxyl groups is 1. The van der Waals surface area contributed by atoms with Crippen molar-refractivity contribution in [2.45, 2.75) is 26.3 Å². The fourth-order valence-electron chi connectivity index (χ4n) is 5.48. The number of phenols is 1.